The summed E-state index contributed by atoms with van der Waals surface area (Å²) < 4.78 is 69.5. The molecule has 1 aromatic heterocycles. The van der Waals surface area contributed by atoms with Crippen LogP contribution in [0.15, 0.2) is 79.1 Å². The molecule has 3 aliphatic heterocycles. The molecule has 8 rings (SSSR count). The molecular formula is C42H40Cl2F3N3O9. The molecule has 4 fully saturated rings. The molecule has 3 aromatic carbocycles. The first-order valence-corrected chi connectivity index (χ1v) is 19.8. The third-order valence-electron chi connectivity index (χ3n) is 10.5. The Morgan fingerprint density at radius 3 is 2.36 bits per heavy atom. The van der Waals surface area contributed by atoms with Gasteiger partial charge in [0.2, 0.25) is 0 Å². The van der Waals surface area contributed by atoms with Gasteiger partial charge in [-0.3, -0.25) is 4.90 Å². The molecule has 12 nitrogen and oxygen atoms in total. The Labute approximate surface area is 347 Å². The number of carbonyl (C=O) groups is 3. The fourth-order valence-corrected chi connectivity index (χ4v) is 7.80. The summed E-state index contributed by atoms with van der Waals surface area (Å²) in [5, 5.41) is 14.9. The fourth-order valence-electron chi connectivity index (χ4n) is 7.20. The molecule has 1 saturated carbocycles. The molecule has 312 valence electrons. The standard InChI is InChI=1S/C42H40Cl2F3N3O9/c43-31-19-50(54)20-32(44)30(31)18-35(26-10-11-34(59-42(46)47)36(17-26)55-22-24-8-9-24)57-38(51)23-56-40(52)27-4-3-5-28(16-27)48-39(29-6-1-2-7-33(29)45)41(53)58-37-21-49-14-12-25(37)13-15-49/h1-7,10-11,16-17,19-20,24-25,35,37,39,42,48H,8-9,12-15,18,21-23H2/t35-,37-,39?/m0/s1. The van der Waals surface area contributed by atoms with Crippen LogP contribution in [-0.2, 0) is 30.2 Å². The van der Waals surface area contributed by atoms with Crippen molar-refractivity contribution in [2.75, 3.05) is 38.2 Å². The summed E-state index contributed by atoms with van der Waals surface area (Å²) >= 11 is 12.7. The number of alkyl halides is 2. The quantitative estimate of drug-likeness (QED) is 0.0486. The number of benzene rings is 3. The van der Waals surface area contributed by atoms with E-state index in [0.717, 1.165) is 51.2 Å². The average Bonchev–Trinajstić information content (AvgIpc) is 4.05. The molecule has 0 amide bonds. The number of anilines is 1. The molecule has 0 radical (unpaired) electrons. The van der Waals surface area contributed by atoms with Crippen molar-refractivity contribution in [2.45, 2.75) is 57.0 Å². The summed E-state index contributed by atoms with van der Waals surface area (Å²) in [4.78, 5) is 42.5. The van der Waals surface area contributed by atoms with E-state index in [4.69, 9.17) is 42.1 Å². The van der Waals surface area contributed by atoms with Gasteiger partial charge >= 0.3 is 24.5 Å². The van der Waals surface area contributed by atoms with Crippen LogP contribution in [0.3, 0.4) is 0 Å². The van der Waals surface area contributed by atoms with Crippen molar-refractivity contribution < 1.29 is 56.0 Å². The minimum atomic E-state index is -3.13. The number of hydrogen-bond donors (Lipinski definition) is 1. The van der Waals surface area contributed by atoms with Gasteiger partial charge in [0.25, 0.3) is 0 Å². The highest BCUT2D eigenvalue weighted by molar-refractivity contribution is 6.35. The van der Waals surface area contributed by atoms with E-state index >= 15 is 4.39 Å². The van der Waals surface area contributed by atoms with Crippen molar-refractivity contribution in [3.63, 3.8) is 0 Å². The lowest BCUT2D eigenvalue weighted by Gasteiger charge is -2.44. The normalized spacial score (nSPS) is 19.4. The Bertz CT molecular complexity index is 2150. The number of pyridine rings is 1. The van der Waals surface area contributed by atoms with E-state index in [1.165, 1.54) is 54.6 Å². The maximum absolute atomic E-state index is 15.1. The van der Waals surface area contributed by atoms with Crippen LogP contribution in [0.5, 0.6) is 11.5 Å². The first kappa shape index (κ1) is 41.9. The molecule has 1 N–H and O–H groups in total. The second kappa shape index (κ2) is 18.8. The summed E-state index contributed by atoms with van der Waals surface area (Å²) in [5.41, 5.74) is 0.856. The van der Waals surface area contributed by atoms with Crippen LogP contribution in [0.25, 0.3) is 0 Å². The predicted molar refractivity (Wildman–Crippen MR) is 208 cm³/mol. The van der Waals surface area contributed by atoms with Gasteiger partial charge in [-0.1, -0.05) is 53.5 Å². The molecule has 4 aromatic rings. The molecule has 0 spiro atoms. The lowest BCUT2D eigenvalue weighted by molar-refractivity contribution is -0.605. The summed E-state index contributed by atoms with van der Waals surface area (Å²) in [6.07, 6.45) is 4.13. The number of piperidine rings is 3. The van der Waals surface area contributed by atoms with Gasteiger partial charge in [0.1, 0.15) is 28.1 Å². The number of halogens is 5. The van der Waals surface area contributed by atoms with Gasteiger partial charge in [0.05, 0.1) is 12.2 Å². The van der Waals surface area contributed by atoms with E-state index in [1.54, 1.807) is 12.1 Å². The van der Waals surface area contributed by atoms with Gasteiger partial charge in [-0.2, -0.15) is 13.5 Å². The van der Waals surface area contributed by atoms with Crippen LogP contribution in [-0.4, -0.2) is 68.4 Å². The first-order chi connectivity index (χ1) is 28.4. The SMILES string of the molecule is O=C(COC(=O)c1cccc(NC(C(=O)O[C@H]2CN3CCC2CC3)c2ccccc2F)c1)O[C@@H](Cc1c(Cl)c[n+]([O-])cc1Cl)c1ccc(OC(F)F)c(OCC2CC2)c1. The molecule has 3 saturated heterocycles. The molecule has 1 unspecified atom stereocenters. The van der Waals surface area contributed by atoms with E-state index in [2.05, 4.69) is 15.0 Å². The highest BCUT2D eigenvalue weighted by atomic mass is 35.5. The van der Waals surface area contributed by atoms with Crippen molar-refractivity contribution >= 4 is 46.8 Å². The zero-order valence-corrected chi connectivity index (χ0v) is 33.0. The highest BCUT2D eigenvalue weighted by Gasteiger charge is 2.38. The molecule has 17 heteroatoms. The zero-order chi connectivity index (χ0) is 41.6. The topological polar surface area (TPSA) is 140 Å². The number of aromatic nitrogens is 1. The number of esters is 3. The molecule has 2 bridgehead atoms. The van der Waals surface area contributed by atoms with Crippen LogP contribution in [0, 0.1) is 22.9 Å². The molecule has 4 heterocycles. The summed E-state index contributed by atoms with van der Waals surface area (Å²) in [7, 11) is 0. The lowest BCUT2D eigenvalue weighted by Crippen LogP contribution is -2.52. The van der Waals surface area contributed by atoms with E-state index in [-0.39, 0.29) is 80.5 Å². The van der Waals surface area contributed by atoms with Gasteiger partial charge in [-0.05, 0) is 92.6 Å². The maximum Gasteiger partial charge on any atom is 0.387 e. The number of rotatable bonds is 17. The lowest BCUT2D eigenvalue weighted by atomic mass is 9.86. The van der Waals surface area contributed by atoms with Crippen molar-refractivity contribution in [2.24, 2.45) is 11.8 Å². The van der Waals surface area contributed by atoms with Crippen molar-refractivity contribution in [1.82, 2.24) is 4.90 Å². The molecular weight excluding hydrogens is 818 g/mol. The smallest absolute Gasteiger partial charge is 0.387 e. The second-order valence-electron chi connectivity index (χ2n) is 14.7. The molecule has 1 aliphatic carbocycles. The molecule has 59 heavy (non-hydrogen) atoms. The van der Waals surface area contributed by atoms with Crippen molar-refractivity contribution in [1.29, 1.82) is 0 Å². The van der Waals surface area contributed by atoms with E-state index in [1.807, 2.05) is 0 Å². The van der Waals surface area contributed by atoms with E-state index < -0.39 is 49.1 Å². The van der Waals surface area contributed by atoms with Crippen LogP contribution in [0.2, 0.25) is 10.0 Å². The average molecular weight is 859 g/mol. The number of nitrogens with zero attached hydrogens (tertiary/aromatic N) is 2. The van der Waals surface area contributed by atoms with Gasteiger partial charge in [0, 0.05) is 29.8 Å². The van der Waals surface area contributed by atoms with Crippen molar-refractivity contribution in [3.05, 3.63) is 122 Å². The zero-order valence-electron chi connectivity index (χ0n) is 31.5. The monoisotopic (exact) mass is 857 g/mol. The van der Waals surface area contributed by atoms with Gasteiger partial charge in [0.15, 0.2) is 36.5 Å². The maximum atomic E-state index is 15.1. The second-order valence-corrected chi connectivity index (χ2v) is 15.5. The van der Waals surface area contributed by atoms with Gasteiger partial charge in [-0.15, -0.1) is 0 Å². The fraction of sp³-hybridized carbons (Fsp3) is 0.381. The number of nitrogens with one attached hydrogen (secondary N) is 1. The molecule has 3 atom stereocenters. The minimum Gasteiger partial charge on any atom is -0.619 e. The van der Waals surface area contributed by atoms with Crippen LogP contribution >= 0.6 is 23.2 Å². The Hall–Kier alpha value is -5.25. The van der Waals surface area contributed by atoms with Gasteiger partial charge in [-0.25, -0.2) is 18.8 Å². The van der Waals surface area contributed by atoms with Crippen LogP contribution in [0.4, 0.5) is 18.9 Å². The number of fused-ring (bicyclic) bond motifs is 3. The Balaban J connectivity index is 1.05. The Morgan fingerprint density at radius 2 is 1.68 bits per heavy atom. The number of ether oxygens (including phenoxy) is 5. The summed E-state index contributed by atoms with van der Waals surface area (Å²) in [6, 6.07) is 14.6. The third kappa shape index (κ3) is 10.9. The highest BCUT2D eigenvalue weighted by Crippen LogP contribution is 2.38. The van der Waals surface area contributed by atoms with Gasteiger partial charge < -0.3 is 34.2 Å². The summed E-state index contributed by atoms with van der Waals surface area (Å²) in [5.74, 6) is -2.95. The molecule has 4 aliphatic rings. The van der Waals surface area contributed by atoms with E-state index in [0.29, 0.717) is 11.3 Å². The minimum absolute atomic E-state index is 0.00164. The number of hydrogen-bond acceptors (Lipinski definition) is 11. The predicted octanol–water partition coefficient (Wildman–Crippen LogP) is 7.63. The van der Waals surface area contributed by atoms with Crippen LogP contribution in [0.1, 0.15) is 64.9 Å². The van der Waals surface area contributed by atoms with E-state index in [9.17, 15) is 28.4 Å². The number of carbonyl (C=O) groups excluding carboxylic acids is 3. The largest absolute Gasteiger partial charge is 0.619 e. The Morgan fingerprint density at radius 1 is 0.932 bits per heavy atom. The third-order valence-corrected chi connectivity index (χ3v) is 11.1. The Kier molecular flexibility index (Phi) is 13.3. The first-order valence-electron chi connectivity index (χ1n) is 19.1. The summed E-state index contributed by atoms with van der Waals surface area (Å²) in [6.45, 7) is -1.23. The van der Waals surface area contributed by atoms with Crippen LogP contribution < -0.4 is 19.5 Å². The van der Waals surface area contributed by atoms with Crippen molar-refractivity contribution in [3.8, 4) is 11.5 Å².